The molecule has 0 radical (unpaired) electrons. The van der Waals surface area contributed by atoms with Crippen molar-refractivity contribution in [2.24, 2.45) is 5.73 Å². The third kappa shape index (κ3) is 1.73. The molecule has 0 amide bonds. The molecular weight excluding hydrogens is 184 g/mol. The summed E-state index contributed by atoms with van der Waals surface area (Å²) in [5.41, 5.74) is 10.4. The lowest BCUT2D eigenvalue weighted by Crippen LogP contribution is -2.08. The van der Waals surface area contributed by atoms with Crippen LogP contribution in [0.5, 0.6) is 0 Å². The number of hydrogen-bond donors (Lipinski definition) is 1. The van der Waals surface area contributed by atoms with Gasteiger partial charge < -0.3 is 5.73 Å². The summed E-state index contributed by atoms with van der Waals surface area (Å²) in [5, 5.41) is 1.22. The Bertz CT molecular complexity index is 501. The normalized spacial score (nSPS) is 13.1. The maximum absolute atomic E-state index is 5.86. The molecule has 0 aliphatic rings. The average Bonchev–Trinajstić information content (AvgIpc) is 2.19. The fraction of sp³-hybridized carbons (Fsp3) is 0.308. The van der Waals surface area contributed by atoms with Crippen molar-refractivity contribution in [3.8, 4) is 0 Å². The lowest BCUT2D eigenvalue weighted by atomic mass is 10.0. The summed E-state index contributed by atoms with van der Waals surface area (Å²) >= 11 is 0. The van der Waals surface area contributed by atoms with Gasteiger partial charge in [-0.05, 0) is 38.0 Å². The van der Waals surface area contributed by atoms with Gasteiger partial charge in [0.05, 0.1) is 11.2 Å². The molecule has 0 aliphatic carbocycles. The van der Waals surface area contributed by atoms with Crippen molar-refractivity contribution in [1.82, 2.24) is 4.98 Å². The van der Waals surface area contributed by atoms with Crippen molar-refractivity contribution in [1.29, 1.82) is 0 Å². The van der Waals surface area contributed by atoms with Crippen LogP contribution < -0.4 is 5.73 Å². The van der Waals surface area contributed by atoms with Gasteiger partial charge in [0, 0.05) is 11.4 Å². The minimum Gasteiger partial charge on any atom is -0.323 e. The Morgan fingerprint density at radius 2 is 1.93 bits per heavy atom. The monoisotopic (exact) mass is 200 g/mol. The number of para-hydroxylation sites is 1. The van der Waals surface area contributed by atoms with Gasteiger partial charge in [0.25, 0.3) is 0 Å². The number of nitrogens with two attached hydrogens (primary N) is 1. The maximum atomic E-state index is 5.86. The zero-order valence-electron chi connectivity index (χ0n) is 9.41. The van der Waals surface area contributed by atoms with Gasteiger partial charge in [-0.15, -0.1) is 0 Å². The second-order valence-corrected chi connectivity index (χ2v) is 4.12. The van der Waals surface area contributed by atoms with Gasteiger partial charge in [0.15, 0.2) is 0 Å². The van der Waals surface area contributed by atoms with E-state index in [1.165, 1.54) is 16.5 Å². The molecule has 0 fully saturated rings. The van der Waals surface area contributed by atoms with E-state index in [4.69, 9.17) is 5.73 Å². The smallest absolute Gasteiger partial charge is 0.0737 e. The molecule has 15 heavy (non-hydrogen) atoms. The molecule has 2 rings (SSSR count). The Morgan fingerprint density at radius 1 is 1.20 bits per heavy atom. The fourth-order valence-electron chi connectivity index (χ4n) is 1.82. The van der Waals surface area contributed by atoms with E-state index in [9.17, 15) is 0 Å². The molecule has 1 unspecified atom stereocenters. The van der Waals surface area contributed by atoms with Crippen LogP contribution in [0.1, 0.15) is 29.8 Å². The van der Waals surface area contributed by atoms with Gasteiger partial charge in [-0.1, -0.05) is 18.2 Å². The number of pyridine rings is 1. The second kappa shape index (κ2) is 3.63. The van der Waals surface area contributed by atoms with Crippen LogP contribution in [0.15, 0.2) is 24.3 Å². The Hall–Kier alpha value is -1.41. The lowest BCUT2D eigenvalue weighted by molar-refractivity contribution is 0.785. The van der Waals surface area contributed by atoms with Crippen LogP contribution in [-0.4, -0.2) is 4.98 Å². The van der Waals surface area contributed by atoms with E-state index >= 15 is 0 Å². The quantitative estimate of drug-likeness (QED) is 0.768. The van der Waals surface area contributed by atoms with Crippen molar-refractivity contribution >= 4 is 10.9 Å². The van der Waals surface area contributed by atoms with Crippen molar-refractivity contribution in [2.75, 3.05) is 0 Å². The SMILES string of the molecule is Cc1cc(C(C)N)nc2c(C)cccc12. The highest BCUT2D eigenvalue weighted by atomic mass is 14.8. The summed E-state index contributed by atoms with van der Waals surface area (Å²) in [6, 6.07) is 8.33. The Balaban J connectivity index is 2.80. The van der Waals surface area contributed by atoms with Crippen LogP contribution in [0.2, 0.25) is 0 Å². The molecule has 1 atom stereocenters. The van der Waals surface area contributed by atoms with Gasteiger partial charge in [0.1, 0.15) is 0 Å². The highest BCUT2D eigenvalue weighted by Gasteiger charge is 2.07. The van der Waals surface area contributed by atoms with E-state index in [1.807, 2.05) is 6.92 Å². The number of benzene rings is 1. The van der Waals surface area contributed by atoms with Gasteiger partial charge in [-0.3, -0.25) is 4.98 Å². The highest BCUT2D eigenvalue weighted by molar-refractivity contribution is 5.84. The van der Waals surface area contributed by atoms with Gasteiger partial charge >= 0.3 is 0 Å². The lowest BCUT2D eigenvalue weighted by Gasteiger charge is -2.10. The fourth-order valence-corrected chi connectivity index (χ4v) is 1.82. The molecule has 0 spiro atoms. The topological polar surface area (TPSA) is 38.9 Å². The van der Waals surface area contributed by atoms with Crippen LogP contribution in [0, 0.1) is 13.8 Å². The van der Waals surface area contributed by atoms with E-state index in [0.717, 1.165) is 11.2 Å². The van der Waals surface area contributed by atoms with Gasteiger partial charge in [-0.2, -0.15) is 0 Å². The molecule has 0 aliphatic heterocycles. The summed E-state index contributed by atoms with van der Waals surface area (Å²) in [7, 11) is 0. The summed E-state index contributed by atoms with van der Waals surface area (Å²) in [6.45, 7) is 6.15. The largest absolute Gasteiger partial charge is 0.323 e. The number of aromatic nitrogens is 1. The summed E-state index contributed by atoms with van der Waals surface area (Å²) in [5.74, 6) is 0. The first-order valence-electron chi connectivity index (χ1n) is 5.22. The molecule has 1 aromatic heterocycles. The van der Waals surface area contributed by atoms with E-state index in [0.29, 0.717) is 0 Å². The first-order chi connectivity index (χ1) is 7.09. The Kier molecular flexibility index (Phi) is 2.45. The molecule has 2 heteroatoms. The molecule has 1 heterocycles. The van der Waals surface area contributed by atoms with Crippen molar-refractivity contribution < 1.29 is 0 Å². The molecule has 0 bridgehead atoms. The molecule has 78 valence electrons. The minimum absolute atomic E-state index is 0.00675. The van der Waals surface area contributed by atoms with Crippen LogP contribution in [0.4, 0.5) is 0 Å². The maximum Gasteiger partial charge on any atom is 0.0737 e. The first-order valence-corrected chi connectivity index (χ1v) is 5.22. The predicted molar refractivity (Wildman–Crippen MR) is 63.8 cm³/mol. The zero-order chi connectivity index (χ0) is 11.0. The molecule has 0 saturated carbocycles. The molecule has 1 aromatic carbocycles. The van der Waals surface area contributed by atoms with Gasteiger partial charge in [0.2, 0.25) is 0 Å². The molecular formula is C13H16N2. The average molecular weight is 200 g/mol. The minimum atomic E-state index is -0.00675. The molecule has 0 saturated heterocycles. The number of hydrogen-bond acceptors (Lipinski definition) is 2. The van der Waals surface area contributed by atoms with Crippen LogP contribution in [0.25, 0.3) is 10.9 Å². The zero-order valence-corrected chi connectivity index (χ0v) is 9.41. The Labute approximate surface area is 90.1 Å². The number of aryl methyl sites for hydroxylation is 2. The van der Waals surface area contributed by atoms with E-state index < -0.39 is 0 Å². The van der Waals surface area contributed by atoms with Crippen molar-refractivity contribution in [3.63, 3.8) is 0 Å². The Morgan fingerprint density at radius 3 is 2.60 bits per heavy atom. The summed E-state index contributed by atoms with van der Waals surface area (Å²) in [6.07, 6.45) is 0. The standard InChI is InChI=1S/C13H16N2/c1-8-5-4-6-11-9(2)7-12(10(3)14)15-13(8)11/h4-7,10H,14H2,1-3H3. The van der Waals surface area contributed by atoms with Crippen LogP contribution in [0.3, 0.4) is 0 Å². The van der Waals surface area contributed by atoms with Crippen LogP contribution >= 0.6 is 0 Å². The van der Waals surface area contributed by atoms with E-state index in [-0.39, 0.29) is 6.04 Å². The number of nitrogens with zero attached hydrogens (tertiary/aromatic N) is 1. The van der Waals surface area contributed by atoms with E-state index in [2.05, 4.69) is 43.1 Å². The second-order valence-electron chi connectivity index (χ2n) is 4.12. The molecule has 2 N–H and O–H groups in total. The summed E-state index contributed by atoms with van der Waals surface area (Å²) < 4.78 is 0. The summed E-state index contributed by atoms with van der Waals surface area (Å²) in [4.78, 5) is 4.61. The highest BCUT2D eigenvalue weighted by Crippen LogP contribution is 2.22. The predicted octanol–water partition coefficient (Wildman–Crippen LogP) is 2.87. The van der Waals surface area contributed by atoms with E-state index in [1.54, 1.807) is 0 Å². The first kappa shape index (κ1) is 10.1. The number of rotatable bonds is 1. The van der Waals surface area contributed by atoms with Crippen molar-refractivity contribution in [2.45, 2.75) is 26.8 Å². The third-order valence-electron chi connectivity index (χ3n) is 2.73. The number of fused-ring (bicyclic) bond motifs is 1. The van der Waals surface area contributed by atoms with Crippen molar-refractivity contribution in [3.05, 3.63) is 41.1 Å². The van der Waals surface area contributed by atoms with Crippen LogP contribution in [-0.2, 0) is 0 Å². The van der Waals surface area contributed by atoms with Gasteiger partial charge in [-0.25, -0.2) is 0 Å². The molecule has 2 nitrogen and oxygen atoms in total. The third-order valence-corrected chi connectivity index (χ3v) is 2.73. The molecule has 2 aromatic rings.